The van der Waals surface area contributed by atoms with Crippen LogP contribution in [0.5, 0.6) is 0 Å². The molecule has 5 nitrogen and oxygen atoms in total. The summed E-state index contributed by atoms with van der Waals surface area (Å²) in [6.07, 6.45) is 3.03. The van der Waals surface area contributed by atoms with Crippen molar-refractivity contribution in [2.45, 2.75) is 32.2 Å². The highest BCUT2D eigenvalue weighted by molar-refractivity contribution is 5.94. The van der Waals surface area contributed by atoms with Crippen LogP contribution in [0.2, 0.25) is 0 Å². The van der Waals surface area contributed by atoms with Crippen LogP contribution in [-0.4, -0.2) is 24.5 Å². The molecule has 0 bridgehead atoms. The highest BCUT2D eigenvalue weighted by Crippen LogP contribution is 2.18. The van der Waals surface area contributed by atoms with Crippen LogP contribution in [0.1, 0.15) is 25.3 Å². The third kappa shape index (κ3) is 4.62. The van der Waals surface area contributed by atoms with Gasteiger partial charge in [0.2, 0.25) is 5.91 Å². The van der Waals surface area contributed by atoms with Crippen molar-refractivity contribution in [3.63, 3.8) is 0 Å². The minimum Gasteiger partial charge on any atom is -0.335 e. The molecule has 19 heavy (non-hydrogen) atoms. The van der Waals surface area contributed by atoms with Crippen LogP contribution in [0.15, 0.2) is 24.3 Å². The van der Waals surface area contributed by atoms with Gasteiger partial charge in [-0.25, -0.2) is 4.79 Å². The van der Waals surface area contributed by atoms with Crippen molar-refractivity contribution >= 4 is 17.6 Å². The Morgan fingerprint density at radius 2 is 1.89 bits per heavy atom. The Balaban J connectivity index is 1.71. The highest BCUT2D eigenvalue weighted by Gasteiger charge is 2.23. The molecule has 1 saturated carbocycles. The number of anilines is 1. The Morgan fingerprint density at radius 3 is 2.47 bits per heavy atom. The minimum absolute atomic E-state index is 0.0198. The van der Waals surface area contributed by atoms with Gasteiger partial charge in [0.15, 0.2) is 0 Å². The first-order valence-corrected chi connectivity index (χ1v) is 6.60. The highest BCUT2D eigenvalue weighted by atomic mass is 16.2. The predicted molar refractivity (Wildman–Crippen MR) is 74.0 cm³/mol. The molecule has 3 amide bonds. The van der Waals surface area contributed by atoms with Gasteiger partial charge in [-0.2, -0.15) is 0 Å². The van der Waals surface area contributed by atoms with Gasteiger partial charge < -0.3 is 16.0 Å². The summed E-state index contributed by atoms with van der Waals surface area (Å²) in [4.78, 5) is 23.0. The molecule has 1 aromatic carbocycles. The molecule has 102 valence electrons. The molecule has 0 radical (unpaired) electrons. The number of urea groups is 1. The second-order valence-corrected chi connectivity index (χ2v) is 4.70. The summed E-state index contributed by atoms with van der Waals surface area (Å²) in [5.74, 6) is -0.227. The average molecular weight is 261 g/mol. The second kappa shape index (κ2) is 6.22. The molecule has 1 aromatic rings. The Morgan fingerprint density at radius 1 is 1.21 bits per heavy atom. The molecule has 1 fully saturated rings. The van der Waals surface area contributed by atoms with Crippen molar-refractivity contribution in [2.75, 3.05) is 11.9 Å². The maximum atomic E-state index is 11.6. The van der Waals surface area contributed by atoms with E-state index in [4.69, 9.17) is 0 Å². The Bertz CT molecular complexity index is 452. The fraction of sp³-hybridized carbons (Fsp3) is 0.429. The van der Waals surface area contributed by atoms with E-state index in [0.717, 1.165) is 24.9 Å². The summed E-state index contributed by atoms with van der Waals surface area (Å²) < 4.78 is 0. The molecule has 3 N–H and O–H groups in total. The predicted octanol–water partition coefficient (Wildman–Crippen LogP) is 1.65. The van der Waals surface area contributed by atoms with E-state index in [1.807, 2.05) is 24.3 Å². The zero-order valence-electron chi connectivity index (χ0n) is 11.0. The number of aryl methyl sites for hydroxylation is 1. The molecule has 0 spiro atoms. The fourth-order valence-electron chi connectivity index (χ4n) is 1.65. The lowest BCUT2D eigenvalue weighted by Crippen LogP contribution is -2.40. The number of carbonyl (C=O) groups is 2. The van der Waals surface area contributed by atoms with E-state index < -0.39 is 0 Å². The normalized spacial score (nSPS) is 13.7. The molecule has 1 aliphatic rings. The van der Waals surface area contributed by atoms with E-state index in [1.165, 1.54) is 5.56 Å². The van der Waals surface area contributed by atoms with Gasteiger partial charge in [-0.1, -0.05) is 19.1 Å². The fourth-order valence-corrected chi connectivity index (χ4v) is 1.65. The van der Waals surface area contributed by atoms with Crippen LogP contribution in [0, 0.1) is 0 Å². The Hall–Kier alpha value is -2.04. The first-order valence-electron chi connectivity index (χ1n) is 6.60. The van der Waals surface area contributed by atoms with E-state index in [9.17, 15) is 9.59 Å². The lowest BCUT2D eigenvalue weighted by Gasteiger charge is -2.08. The first kappa shape index (κ1) is 13.4. The van der Waals surface area contributed by atoms with Crippen LogP contribution in [0.4, 0.5) is 10.5 Å². The number of benzene rings is 1. The molecule has 0 heterocycles. The van der Waals surface area contributed by atoms with E-state index in [0.29, 0.717) is 6.04 Å². The number of amides is 3. The number of carbonyl (C=O) groups excluding carboxylic acids is 2. The SMILES string of the molecule is CCc1ccc(NC(=O)CNC(=O)NC2CC2)cc1. The molecule has 0 aliphatic heterocycles. The zero-order valence-corrected chi connectivity index (χ0v) is 11.0. The van der Waals surface area contributed by atoms with Gasteiger partial charge >= 0.3 is 6.03 Å². The Labute approximate surface area is 112 Å². The van der Waals surface area contributed by atoms with Gasteiger partial charge in [0, 0.05) is 11.7 Å². The summed E-state index contributed by atoms with van der Waals surface area (Å²) in [6, 6.07) is 7.69. The second-order valence-electron chi connectivity index (χ2n) is 4.70. The maximum Gasteiger partial charge on any atom is 0.315 e. The molecule has 5 heteroatoms. The van der Waals surface area contributed by atoms with Crippen LogP contribution in [0.25, 0.3) is 0 Å². The van der Waals surface area contributed by atoms with Crippen molar-refractivity contribution in [1.82, 2.24) is 10.6 Å². The zero-order chi connectivity index (χ0) is 13.7. The van der Waals surface area contributed by atoms with Crippen molar-refractivity contribution in [2.24, 2.45) is 0 Å². The first-order chi connectivity index (χ1) is 9.17. The van der Waals surface area contributed by atoms with Crippen molar-refractivity contribution in [1.29, 1.82) is 0 Å². The third-order valence-electron chi connectivity index (χ3n) is 2.97. The lowest BCUT2D eigenvalue weighted by atomic mass is 10.1. The van der Waals surface area contributed by atoms with Crippen LogP contribution in [0.3, 0.4) is 0 Å². The molecule has 2 rings (SSSR count). The standard InChI is InChI=1S/C14H19N3O2/c1-2-10-3-5-11(6-4-10)16-13(18)9-15-14(19)17-12-7-8-12/h3-6,12H,2,7-9H2,1H3,(H,16,18)(H2,15,17,19). The van der Waals surface area contributed by atoms with E-state index >= 15 is 0 Å². The quantitative estimate of drug-likeness (QED) is 0.754. The van der Waals surface area contributed by atoms with Crippen molar-refractivity contribution < 1.29 is 9.59 Å². The summed E-state index contributed by atoms with van der Waals surface area (Å²) in [5.41, 5.74) is 1.96. The summed E-state index contributed by atoms with van der Waals surface area (Å²) in [7, 11) is 0. The average Bonchev–Trinajstić information content (AvgIpc) is 3.21. The number of rotatable bonds is 5. The van der Waals surface area contributed by atoms with Gasteiger partial charge in [-0.15, -0.1) is 0 Å². The van der Waals surface area contributed by atoms with E-state index in [2.05, 4.69) is 22.9 Å². The van der Waals surface area contributed by atoms with Gasteiger partial charge in [0.1, 0.15) is 0 Å². The van der Waals surface area contributed by atoms with Crippen LogP contribution in [-0.2, 0) is 11.2 Å². The monoisotopic (exact) mass is 261 g/mol. The molecular formula is C14H19N3O2. The number of hydrogen-bond donors (Lipinski definition) is 3. The maximum absolute atomic E-state index is 11.6. The third-order valence-corrected chi connectivity index (χ3v) is 2.97. The van der Waals surface area contributed by atoms with Crippen molar-refractivity contribution in [3.05, 3.63) is 29.8 Å². The van der Waals surface area contributed by atoms with Gasteiger partial charge in [0.25, 0.3) is 0 Å². The van der Waals surface area contributed by atoms with Crippen LogP contribution < -0.4 is 16.0 Å². The van der Waals surface area contributed by atoms with Crippen LogP contribution >= 0.6 is 0 Å². The molecule has 0 atom stereocenters. The summed E-state index contributed by atoms with van der Waals surface area (Å²) >= 11 is 0. The largest absolute Gasteiger partial charge is 0.335 e. The molecular weight excluding hydrogens is 242 g/mol. The minimum atomic E-state index is -0.279. The van der Waals surface area contributed by atoms with E-state index in [1.54, 1.807) is 0 Å². The molecule has 0 unspecified atom stereocenters. The number of nitrogens with one attached hydrogen (secondary N) is 3. The Kier molecular flexibility index (Phi) is 4.39. The number of hydrogen-bond acceptors (Lipinski definition) is 2. The summed E-state index contributed by atoms with van der Waals surface area (Å²) in [5, 5.41) is 8.03. The van der Waals surface area contributed by atoms with Gasteiger partial charge in [-0.05, 0) is 37.0 Å². The molecule has 0 saturated heterocycles. The van der Waals surface area contributed by atoms with Crippen molar-refractivity contribution in [3.8, 4) is 0 Å². The van der Waals surface area contributed by atoms with E-state index in [-0.39, 0.29) is 18.5 Å². The lowest BCUT2D eigenvalue weighted by molar-refractivity contribution is -0.115. The smallest absolute Gasteiger partial charge is 0.315 e. The summed E-state index contributed by atoms with van der Waals surface area (Å²) in [6.45, 7) is 2.06. The van der Waals surface area contributed by atoms with Gasteiger partial charge in [0.05, 0.1) is 6.54 Å². The topological polar surface area (TPSA) is 70.2 Å². The molecule has 0 aromatic heterocycles. The van der Waals surface area contributed by atoms with Gasteiger partial charge in [-0.3, -0.25) is 4.79 Å². The molecule has 1 aliphatic carbocycles.